The van der Waals surface area contributed by atoms with E-state index >= 15 is 0 Å². The molecule has 3 aromatic rings. The zero-order chi connectivity index (χ0) is 28.9. The summed E-state index contributed by atoms with van der Waals surface area (Å²) >= 11 is 1.26. The second-order valence-corrected chi connectivity index (χ2v) is 10.8. The van der Waals surface area contributed by atoms with E-state index < -0.39 is 12.0 Å². The van der Waals surface area contributed by atoms with Gasteiger partial charge < -0.3 is 23.5 Å². The summed E-state index contributed by atoms with van der Waals surface area (Å²) in [6.07, 6.45) is 6.92. The van der Waals surface area contributed by atoms with Crippen LogP contribution >= 0.6 is 11.3 Å². The number of thiazole rings is 1. The van der Waals surface area contributed by atoms with Gasteiger partial charge in [0.1, 0.15) is 12.4 Å². The summed E-state index contributed by atoms with van der Waals surface area (Å²) < 4.78 is 25.2. The molecule has 1 fully saturated rings. The molecule has 1 saturated heterocycles. The average molecular weight is 578 g/mol. The lowest BCUT2D eigenvalue weighted by atomic mass is 9.95. The summed E-state index contributed by atoms with van der Waals surface area (Å²) in [7, 11) is 0. The Hall–Kier alpha value is -4.05. The molecule has 1 atom stereocenters. The van der Waals surface area contributed by atoms with Crippen molar-refractivity contribution in [1.29, 1.82) is 0 Å². The number of piperidine rings is 1. The Labute approximate surface area is 242 Å². The van der Waals surface area contributed by atoms with Crippen molar-refractivity contribution in [1.82, 2.24) is 4.57 Å². The Morgan fingerprint density at radius 3 is 2.66 bits per heavy atom. The van der Waals surface area contributed by atoms with Crippen LogP contribution in [-0.4, -0.2) is 43.4 Å². The Morgan fingerprint density at radius 2 is 1.93 bits per heavy atom. The van der Waals surface area contributed by atoms with Crippen LogP contribution in [0.3, 0.4) is 0 Å². The number of ether oxygens (including phenoxy) is 3. The molecule has 0 aliphatic carbocycles. The van der Waals surface area contributed by atoms with Gasteiger partial charge in [0.05, 0.1) is 35.1 Å². The topological polar surface area (TPSA) is 95.5 Å². The number of hydrogen-bond acceptors (Lipinski definition) is 9. The number of carbonyl (C=O) groups excluding carboxylic acids is 1. The molecule has 0 radical (unpaired) electrons. The van der Waals surface area contributed by atoms with Crippen molar-refractivity contribution in [2.24, 2.45) is 4.99 Å². The van der Waals surface area contributed by atoms with Crippen LogP contribution in [0.1, 0.15) is 57.4 Å². The van der Waals surface area contributed by atoms with Crippen LogP contribution in [0, 0.1) is 0 Å². The van der Waals surface area contributed by atoms with E-state index in [2.05, 4.69) is 16.5 Å². The van der Waals surface area contributed by atoms with Crippen molar-refractivity contribution >= 4 is 29.3 Å². The van der Waals surface area contributed by atoms with E-state index in [-0.39, 0.29) is 12.2 Å². The van der Waals surface area contributed by atoms with Gasteiger partial charge in [0.25, 0.3) is 5.56 Å². The zero-order valence-corrected chi connectivity index (χ0v) is 24.5. The predicted molar refractivity (Wildman–Crippen MR) is 158 cm³/mol. The van der Waals surface area contributed by atoms with E-state index in [0.29, 0.717) is 56.6 Å². The highest BCUT2D eigenvalue weighted by atomic mass is 32.1. The lowest BCUT2D eigenvalue weighted by Crippen LogP contribution is -2.40. The van der Waals surface area contributed by atoms with Crippen molar-refractivity contribution in [3.8, 4) is 11.5 Å². The largest absolute Gasteiger partial charge is 0.490 e. The van der Waals surface area contributed by atoms with Gasteiger partial charge in [-0.25, -0.2) is 9.79 Å². The third-order valence-electron chi connectivity index (χ3n) is 7.01. The molecule has 1 unspecified atom stereocenters. The molecule has 0 saturated carbocycles. The first-order valence-corrected chi connectivity index (χ1v) is 14.8. The van der Waals surface area contributed by atoms with Crippen molar-refractivity contribution in [2.45, 2.75) is 46.1 Å². The molecule has 4 heterocycles. The average Bonchev–Trinajstić information content (AvgIpc) is 3.56. The number of nitrogens with zero attached hydrogens (tertiary/aromatic N) is 3. The first-order chi connectivity index (χ1) is 19.9. The van der Waals surface area contributed by atoms with Crippen LogP contribution in [0.2, 0.25) is 0 Å². The standard InChI is InChI=1S/C31H35N3O6S/c1-5-17-39-23-13-11-21(18-24(23)37-6-2)28-27(30(36)38-7-3)20(4)32-31-34(28)29(35)25(41-31)19-22-12-14-26(40-22)33-15-9-8-10-16-33/h5,11-14,18-19,28H,1,6-10,15-17H2,2-4H3. The second kappa shape index (κ2) is 12.6. The monoisotopic (exact) mass is 577 g/mol. The minimum atomic E-state index is -0.763. The van der Waals surface area contributed by atoms with Crippen molar-refractivity contribution in [3.63, 3.8) is 0 Å². The van der Waals surface area contributed by atoms with E-state index in [1.54, 1.807) is 42.7 Å². The molecule has 0 N–H and O–H groups in total. The summed E-state index contributed by atoms with van der Waals surface area (Å²) in [5.41, 5.74) is 1.21. The molecule has 2 aliphatic rings. The molecule has 2 aromatic heterocycles. The van der Waals surface area contributed by atoms with Gasteiger partial charge in [0, 0.05) is 25.2 Å². The highest BCUT2D eigenvalue weighted by Crippen LogP contribution is 2.36. The van der Waals surface area contributed by atoms with E-state index in [0.717, 1.165) is 31.8 Å². The summed E-state index contributed by atoms with van der Waals surface area (Å²) in [5.74, 6) is 1.94. The molecule has 9 nitrogen and oxygen atoms in total. The number of anilines is 1. The molecule has 0 spiro atoms. The molecule has 0 bridgehead atoms. The molecular formula is C31H35N3O6S. The van der Waals surface area contributed by atoms with E-state index in [9.17, 15) is 9.59 Å². The highest BCUT2D eigenvalue weighted by Gasteiger charge is 2.34. The number of hydrogen-bond donors (Lipinski definition) is 0. The summed E-state index contributed by atoms with van der Waals surface area (Å²) in [4.78, 5) is 34.6. The lowest BCUT2D eigenvalue weighted by Gasteiger charge is -2.25. The van der Waals surface area contributed by atoms with Gasteiger partial charge in [0.2, 0.25) is 0 Å². The van der Waals surface area contributed by atoms with E-state index in [1.807, 2.05) is 25.1 Å². The van der Waals surface area contributed by atoms with Gasteiger partial charge in [-0.05, 0) is 63.8 Å². The smallest absolute Gasteiger partial charge is 0.338 e. The van der Waals surface area contributed by atoms with E-state index in [4.69, 9.17) is 18.6 Å². The van der Waals surface area contributed by atoms with Crippen molar-refractivity contribution in [2.75, 3.05) is 37.8 Å². The molecule has 10 heteroatoms. The number of esters is 1. The van der Waals surface area contributed by atoms with Crippen LogP contribution in [0.4, 0.5) is 5.88 Å². The fraction of sp³-hybridized carbons (Fsp3) is 0.387. The van der Waals surface area contributed by atoms with Crippen molar-refractivity contribution in [3.05, 3.63) is 85.3 Å². The van der Waals surface area contributed by atoms with Crippen LogP contribution in [-0.2, 0) is 9.53 Å². The fourth-order valence-electron chi connectivity index (χ4n) is 5.17. The van der Waals surface area contributed by atoms with Gasteiger partial charge in [-0.1, -0.05) is 30.1 Å². The van der Waals surface area contributed by atoms with E-state index in [1.165, 1.54) is 17.8 Å². The first-order valence-electron chi connectivity index (χ1n) is 14.0. The molecule has 5 rings (SSSR count). The van der Waals surface area contributed by atoms with Gasteiger partial charge in [-0.15, -0.1) is 0 Å². The summed E-state index contributed by atoms with van der Waals surface area (Å²) in [5, 5.41) is 0. The highest BCUT2D eigenvalue weighted by molar-refractivity contribution is 7.07. The maximum Gasteiger partial charge on any atom is 0.338 e. The Morgan fingerprint density at radius 1 is 1.12 bits per heavy atom. The summed E-state index contributed by atoms with van der Waals surface area (Å²) in [6, 6.07) is 8.48. The molecule has 0 amide bonds. The quantitative estimate of drug-likeness (QED) is 0.261. The lowest BCUT2D eigenvalue weighted by molar-refractivity contribution is -0.139. The number of carbonyl (C=O) groups is 1. The molecule has 1 aromatic carbocycles. The normalized spacial score (nSPS) is 17.2. The fourth-order valence-corrected chi connectivity index (χ4v) is 6.20. The van der Waals surface area contributed by atoms with Crippen LogP contribution < -0.4 is 29.3 Å². The second-order valence-electron chi connectivity index (χ2n) is 9.76. The molecule has 41 heavy (non-hydrogen) atoms. The molecule has 2 aliphatic heterocycles. The number of fused-ring (bicyclic) bond motifs is 1. The number of rotatable bonds is 10. The predicted octanol–water partition coefficient (Wildman–Crippen LogP) is 4.35. The van der Waals surface area contributed by atoms with Gasteiger partial charge >= 0.3 is 5.97 Å². The number of allylic oxidation sites excluding steroid dienone is 1. The van der Waals surface area contributed by atoms with Gasteiger partial charge in [0.15, 0.2) is 22.2 Å². The van der Waals surface area contributed by atoms with Crippen molar-refractivity contribution < 1.29 is 23.4 Å². The zero-order valence-electron chi connectivity index (χ0n) is 23.7. The molecular weight excluding hydrogens is 542 g/mol. The molecule has 216 valence electrons. The number of furan rings is 1. The third-order valence-corrected chi connectivity index (χ3v) is 7.99. The Balaban J connectivity index is 1.61. The maximum atomic E-state index is 14.0. The van der Waals surface area contributed by atoms with Gasteiger partial charge in [-0.2, -0.15) is 0 Å². The third kappa shape index (κ3) is 5.88. The van der Waals surface area contributed by atoms with Crippen LogP contribution in [0.25, 0.3) is 6.08 Å². The Kier molecular flexibility index (Phi) is 8.78. The van der Waals surface area contributed by atoms with Gasteiger partial charge in [-0.3, -0.25) is 9.36 Å². The summed E-state index contributed by atoms with van der Waals surface area (Å²) in [6.45, 7) is 12.0. The number of aromatic nitrogens is 1. The number of benzene rings is 1. The van der Waals surface area contributed by atoms with Crippen LogP contribution in [0.5, 0.6) is 11.5 Å². The SMILES string of the molecule is C=CCOc1ccc(C2C(C(=O)OCC)=C(C)N=c3sc(=Cc4ccc(N5CCCCC5)o4)c(=O)n32)cc1OCC. The minimum absolute atomic E-state index is 0.198. The first kappa shape index (κ1) is 28.5. The maximum absolute atomic E-state index is 14.0. The minimum Gasteiger partial charge on any atom is -0.490 e. The Bertz CT molecular complexity index is 1640. The van der Waals surface area contributed by atoms with Crippen LogP contribution in [0.15, 0.2) is 68.5 Å².